The van der Waals surface area contributed by atoms with Crippen molar-refractivity contribution in [3.05, 3.63) is 34.9 Å². The fraction of sp³-hybridized carbons (Fsp3) is 0.357. The zero-order valence-electron chi connectivity index (χ0n) is 10.9. The van der Waals surface area contributed by atoms with E-state index in [9.17, 15) is 9.59 Å². The molecule has 0 atom stereocenters. The highest BCUT2D eigenvalue weighted by atomic mass is 35.5. The summed E-state index contributed by atoms with van der Waals surface area (Å²) in [7, 11) is 0. The highest BCUT2D eigenvalue weighted by molar-refractivity contribution is 6.35. The van der Waals surface area contributed by atoms with Crippen LogP contribution in [-0.4, -0.2) is 24.1 Å². The lowest BCUT2D eigenvalue weighted by atomic mass is 10.2. The van der Waals surface area contributed by atoms with Crippen LogP contribution < -0.4 is 10.7 Å². The van der Waals surface area contributed by atoms with Gasteiger partial charge in [0.1, 0.15) is 0 Å². The van der Waals surface area contributed by atoms with Crippen molar-refractivity contribution in [3.63, 3.8) is 0 Å². The topological polar surface area (TPSA) is 70.6 Å². The minimum absolute atomic E-state index is 0.112. The Labute approximate surface area is 122 Å². The first kappa shape index (κ1) is 14.5. The molecule has 0 bridgehead atoms. The second-order valence-corrected chi connectivity index (χ2v) is 5.08. The normalized spacial score (nSPS) is 15.4. The van der Waals surface area contributed by atoms with Crippen LogP contribution in [0.3, 0.4) is 0 Å². The molecule has 1 fully saturated rings. The molecule has 1 aromatic rings. The Balaban J connectivity index is 1.82. The van der Waals surface area contributed by atoms with Gasteiger partial charge in [-0.1, -0.05) is 42.6 Å². The zero-order chi connectivity index (χ0) is 14.4. The fourth-order valence-electron chi connectivity index (χ4n) is 2.11. The van der Waals surface area contributed by atoms with E-state index in [1.54, 1.807) is 18.2 Å². The lowest BCUT2D eigenvalue weighted by Gasteiger charge is -2.10. The Bertz CT molecular complexity index is 525. The molecule has 0 spiro atoms. The summed E-state index contributed by atoms with van der Waals surface area (Å²) >= 11 is 5.93. The van der Waals surface area contributed by atoms with Gasteiger partial charge in [0.15, 0.2) is 0 Å². The van der Waals surface area contributed by atoms with Crippen molar-refractivity contribution in [2.75, 3.05) is 0 Å². The van der Waals surface area contributed by atoms with E-state index in [4.69, 9.17) is 11.6 Å². The van der Waals surface area contributed by atoms with Crippen molar-refractivity contribution >= 4 is 29.6 Å². The number of nitrogens with zero attached hydrogens (tertiary/aromatic N) is 1. The van der Waals surface area contributed by atoms with E-state index in [2.05, 4.69) is 15.8 Å². The largest absolute Gasteiger partial charge is 0.345 e. The number of carbonyl (C=O) groups is 2. The van der Waals surface area contributed by atoms with E-state index in [0.717, 1.165) is 25.7 Å². The van der Waals surface area contributed by atoms with E-state index in [1.807, 2.05) is 6.07 Å². The third kappa shape index (κ3) is 4.06. The van der Waals surface area contributed by atoms with Gasteiger partial charge in [0.05, 0.1) is 6.21 Å². The highest BCUT2D eigenvalue weighted by Gasteiger charge is 2.20. The van der Waals surface area contributed by atoms with E-state index in [0.29, 0.717) is 10.6 Å². The van der Waals surface area contributed by atoms with Crippen LogP contribution in [0.2, 0.25) is 5.02 Å². The van der Waals surface area contributed by atoms with Crippen molar-refractivity contribution in [3.8, 4) is 0 Å². The maximum Gasteiger partial charge on any atom is 0.329 e. The predicted molar refractivity (Wildman–Crippen MR) is 77.6 cm³/mol. The van der Waals surface area contributed by atoms with Crippen LogP contribution >= 0.6 is 11.6 Å². The number of amides is 2. The average molecular weight is 294 g/mol. The number of nitrogens with one attached hydrogen (secondary N) is 2. The van der Waals surface area contributed by atoms with Gasteiger partial charge in [0.25, 0.3) is 0 Å². The second kappa shape index (κ2) is 7.05. The van der Waals surface area contributed by atoms with Crippen molar-refractivity contribution in [1.82, 2.24) is 10.7 Å². The molecule has 2 rings (SSSR count). The SMILES string of the molecule is O=C(N/N=C\c1ccccc1Cl)C(=O)NC1CCCC1. The molecule has 0 radical (unpaired) electrons. The quantitative estimate of drug-likeness (QED) is 0.507. The Kier molecular flexibility index (Phi) is 5.12. The van der Waals surface area contributed by atoms with E-state index < -0.39 is 11.8 Å². The van der Waals surface area contributed by atoms with Crippen LogP contribution in [0.1, 0.15) is 31.2 Å². The minimum Gasteiger partial charge on any atom is -0.345 e. The second-order valence-electron chi connectivity index (χ2n) is 4.68. The maximum absolute atomic E-state index is 11.6. The number of hydrazone groups is 1. The van der Waals surface area contributed by atoms with Crippen molar-refractivity contribution in [2.24, 2.45) is 5.10 Å². The summed E-state index contributed by atoms with van der Waals surface area (Å²) in [5, 5.41) is 6.94. The number of hydrogen-bond donors (Lipinski definition) is 2. The summed E-state index contributed by atoms with van der Waals surface area (Å²) in [4.78, 5) is 23.1. The number of carbonyl (C=O) groups excluding carboxylic acids is 2. The molecule has 0 aromatic heterocycles. The van der Waals surface area contributed by atoms with Crippen molar-refractivity contribution in [2.45, 2.75) is 31.7 Å². The Morgan fingerprint density at radius 1 is 1.20 bits per heavy atom. The van der Waals surface area contributed by atoms with E-state index >= 15 is 0 Å². The molecule has 1 aromatic carbocycles. The summed E-state index contributed by atoms with van der Waals surface area (Å²) < 4.78 is 0. The molecule has 5 nitrogen and oxygen atoms in total. The molecule has 106 valence electrons. The van der Waals surface area contributed by atoms with Crippen LogP contribution in [0.4, 0.5) is 0 Å². The molecule has 1 aliphatic rings. The molecule has 0 unspecified atom stereocenters. The summed E-state index contributed by atoms with van der Waals surface area (Å²) in [5.74, 6) is -1.41. The van der Waals surface area contributed by atoms with Crippen LogP contribution in [0.5, 0.6) is 0 Å². The number of benzene rings is 1. The monoisotopic (exact) mass is 293 g/mol. The van der Waals surface area contributed by atoms with Gasteiger partial charge in [0, 0.05) is 16.6 Å². The Hall–Kier alpha value is -1.88. The van der Waals surface area contributed by atoms with Gasteiger partial charge in [-0.25, -0.2) is 5.43 Å². The molecule has 6 heteroatoms. The highest BCUT2D eigenvalue weighted by Crippen LogP contribution is 2.17. The molecule has 20 heavy (non-hydrogen) atoms. The maximum atomic E-state index is 11.6. The van der Waals surface area contributed by atoms with Gasteiger partial charge < -0.3 is 5.32 Å². The molecular weight excluding hydrogens is 278 g/mol. The average Bonchev–Trinajstić information content (AvgIpc) is 2.93. The summed E-state index contributed by atoms with van der Waals surface area (Å²) in [6, 6.07) is 7.20. The number of hydrogen-bond acceptors (Lipinski definition) is 3. The summed E-state index contributed by atoms with van der Waals surface area (Å²) in [5.41, 5.74) is 2.86. The Morgan fingerprint density at radius 3 is 2.60 bits per heavy atom. The van der Waals surface area contributed by atoms with Gasteiger partial charge in [-0.05, 0) is 18.9 Å². The van der Waals surface area contributed by atoms with Gasteiger partial charge in [-0.2, -0.15) is 5.10 Å². The molecule has 0 saturated heterocycles. The molecule has 1 aliphatic carbocycles. The molecule has 2 N–H and O–H groups in total. The lowest BCUT2D eigenvalue weighted by molar-refractivity contribution is -0.139. The minimum atomic E-state index is -0.764. The van der Waals surface area contributed by atoms with Gasteiger partial charge in [-0.3, -0.25) is 9.59 Å². The fourth-order valence-corrected chi connectivity index (χ4v) is 2.30. The van der Waals surface area contributed by atoms with Crippen LogP contribution in [0.25, 0.3) is 0 Å². The molecule has 0 aliphatic heterocycles. The smallest absolute Gasteiger partial charge is 0.329 e. The first-order chi connectivity index (χ1) is 9.66. The van der Waals surface area contributed by atoms with Gasteiger partial charge >= 0.3 is 11.8 Å². The van der Waals surface area contributed by atoms with E-state index in [-0.39, 0.29) is 6.04 Å². The van der Waals surface area contributed by atoms with Crippen molar-refractivity contribution < 1.29 is 9.59 Å². The van der Waals surface area contributed by atoms with E-state index in [1.165, 1.54) is 6.21 Å². The number of rotatable bonds is 3. The summed E-state index contributed by atoms with van der Waals surface area (Å²) in [6.07, 6.45) is 5.46. The third-order valence-electron chi connectivity index (χ3n) is 3.17. The predicted octanol–water partition coefficient (Wildman–Crippen LogP) is 1.85. The van der Waals surface area contributed by atoms with Crippen LogP contribution in [0.15, 0.2) is 29.4 Å². The van der Waals surface area contributed by atoms with Gasteiger partial charge in [-0.15, -0.1) is 0 Å². The van der Waals surface area contributed by atoms with Gasteiger partial charge in [0.2, 0.25) is 0 Å². The zero-order valence-corrected chi connectivity index (χ0v) is 11.7. The number of halogens is 1. The first-order valence-corrected chi connectivity index (χ1v) is 6.93. The molecule has 2 amide bonds. The first-order valence-electron chi connectivity index (χ1n) is 6.55. The molecular formula is C14H16ClN3O2. The Morgan fingerprint density at radius 2 is 1.90 bits per heavy atom. The van der Waals surface area contributed by atoms with Crippen LogP contribution in [-0.2, 0) is 9.59 Å². The standard InChI is InChI=1S/C14H16ClN3O2/c15-12-8-4-1-5-10(12)9-16-18-14(20)13(19)17-11-6-2-3-7-11/h1,4-5,8-9,11H,2-3,6-7H2,(H,17,19)(H,18,20)/b16-9-. The molecule has 1 saturated carbocycles. The third-order valence-corrected chi connectivity index (χ3v) is 3.52. The van der Waals surface area contributed by atoms with Crippen LogP contribution in [0, 0.1) is 0 Å². The van der Waals surface area contributed by atoms with Crippen molar-refractivity contribution in [1.29, 1.82) is 0 Å². The molecule has 0 heterocycles. The summed E-state index contributed by atoms with van der Waals surface area (Å²) in [6.45, 7) is 0. The lowest BCUT2D eigenvalue weighted by Crippen LogP contribution is -2.42.